The summed E-state index contributed by atoms with van der Waals surface area (Å²) in [5.41, 5.74) is 1.82. The zero-order valence-corrected chi connectivity index (χ0v) is 14.4. The van der Waals surface area contributed by atoms with E-state index in [1.165, 1.54) is 12.1 Å². The van der Waals surface area contributed by atoms with E-state index in [1.54, 1.807) is 41.2 Å². The van der Waals surface area contributed by atoms with Gasteiger partial charge >= 0.3 is 5.97 Å². The van der Waals surface area contributed by atoms with Gasteiger partial charge in [-0.1, -0.05) is 12.1 Å². The fourth-order valence-electron chi connectivity index (χ4n) is 2.96. The Hall–Kier alpha value is -3.16. The Morgan fingerprint density at radius 3 is 2.65 bits per heavy atom. The maximum atomic E-state index is 12.4. The summed E-state index contributed by atoms with van der Waals surface area (Å²) in [4.78, 5) is 37.0. The maximum absolute atomic E-state index is 12.4. The number of hydrogen-bond donors (Lipinski definition) is 2. The molecule has 2 heterocycles. The van der Waals surface area contributed by atoms with Crippen LogP contribution in [0.4, 0.5) is 5.69 Å². The van der Waals surface area contributed by atoms with Gasteiger partial charge in [0, 0.05) is 26.2 Å². The Labute approximate surface area is 150 Å². The molecule has 1 aliphatic heterocycles. The predicted molar refractivity (Wildman–Crippen MR) is 93.8 cm³/mol. The van der Waals surface area contributed by atoms with Crippen LogP contribution in [-0.4, -0.2) is 45.3 Å². The summed E-state index contributed by atoms with van der Waals surface area (Å²) >= 11 is 0. The number of anilines is 1. The quantitative estimate of drug-likeness (QED) is 0.803. The second-order valence-corrected chi connectivity index (χ2v) is 6.27. The highest BCUT2D eigenvalue weighted by Gasteiger charge is 2.33. The number of nitrogens with zero attached hydrogens (tertiary/aromatic N) is 3. The number of aromatic nitrogens is 2. The molecular weight excluding hydrogens is 336 g/mol. The molecule has 0 radical (unpaired) electrons. The Bertz CT molecular complexity index is 828. The summed E-state index contributed by atoms with van der Waals surface area (Å²) in [5.74, 6) is -1.30. The number of carbonyl (C=O) groups is 3. The lowest BCUT2D eigenvalue weighted by Gasteiger charge is -2.15. The number of benzene rings is 1. The molecule has 0 aliphatic carbocycles. The monoisotopic (exact) mass is 356 g/mol. The van der Waals surface area contributed by atoms with Crippen molar-refractivity contribution in [1.82, 2.24) is 15.1 Å². The van der Waals surface area contributed by atoms with Crippen molar-refractivity contribution in [3.8, 4) is 0 Å². The molecule has 1 unspecified atom stereocenters. The highest BCUT2D eigenvalue weighted by atomic mass is 16.4. The second kappa shape index (κ2) is 7.38. The van der Waals surface area contributed by atoms with Crippen molar-refractivity contribution in [1.29, 1.82) is 0 Å². The van der Waals surface area contributed by atoms with Gasteiger partial charge in [0.25, 0.3) is 0 Å². The lowest BCUT2D eigenvalue weighted by Crippen LogP contribution is -2.41. The summed E-state index contributed by atoms with van der Waals surface area (Å²) in [6, 6.07) is 5.91. The van der Waals surface area contributed by atoms with Crippen LogP contribution in [0.2, 0.25) is 0 Å². The van der Waals surface area contributed by atoms with Crippen molar-refractivity contribution in [3.63, 3.8) is 0 Å². The first-order valence-corrected chi connectivity index (χ1v) is 8.35. The molecule has 1 aromatic heterocycles. The maximum Gasteiger partial charge on any atom is 0.335 e. The third-order valence-electron chi connectivity index (χ3n) is 4.39. The average molecular weight is 356 g/mol. The molecule has 8 nitrogen and oxygen atoms in total. The van der Waals surface area contributed by atoms with Crippen LogP contribution in [0.25, 0.3) is 0 Å². The standard InChI is InChI=1S/C18H20N4O4/c1-21-11-14(10-19-21)22-9-8-15(17(22)24)20-16(23)7-4-12-2-5-13(6-3-12)18(25)26/h2-3,5-6,10-11,15H,4,7-9H2,1H3,(H,20,23)(H,25,26). The van der Waals surface area contributed by atoms with Gasteiger partial charge < -0.3 is 15.3 Å². The highest BCUT2D eigenvalue weighted by Crippen LogP contribution is 2.20. The fraction of sp³-hybridized carbons (Fsp3) is 0.333. The molecule has 0 bridgehead atoms. The van der Waals surface area contributed by atoms with Crippen molar-refractivity contribution in [2.45, 2.75) is 25.3 Å². The van der Waals surface area contributed by atoms with Crippen molar-refractivity contribution < 1.29 is 19.5 Å². The molecule has 2 aromatic rings. The van der Waals surface area contributed by atoms with E-state index in [9.17, 15) is 14.4 Å². The number of rotatable bonds is 6. The molecule has 136 valence electrons. The minimum Gasteiger partial charge on any atom is -0.478 e. The molecule has 8 heteroatoms. The first-order valence-electron chi connectivity index (χ1n) is 8.35. The van der Waals surface area contributed by atoms with Crippen LogP contribution in [0, 0.1) is 0 Å². The van der Waals surface area contributed by atoms with Crippen LogP contribution >= 0.6 is 0 Å². The predicted octanol–water partition coefficient (Wildman–Crippen LogP) is 0.973. The van der Waals surface area contributed by atoms with E-state index in [0.717, 1.165) is 11.3 Å². The number of nitrogens with one attached hydrogen (secondary N) is 1. The van der Waals surface area contributed by atoms with Gasteiger partial charge in [-0.3, -0.25) is 14.3 Å². The Balaban J connectivity index is 1.50. The van der Waals surface area contributed by atoms with Crippen molar-refractivity contribution >= 4 is 23.5 Å². The van der Waals surface area contributed by atoms with Gasteiger partial charge in [0.05, 0.1) is 17.4 Å². The Morgan fingerprint density at radius 2 is 2.04 bits per heavy atom. The first-order chi connectivity index (χ1) is 12.4. The third kappa shape index (κ3) is 3.90. The van der Waals surface area contributed by atoms with Crippen molar-refractivity contribution in [2.75, 3.05) is 11.4 Å². The van der Waals surface area contributed by atoms with Gasteiger partial charge in [-0.15, -0.1) is 0 Å². The van der Waals surface area contributed by atoms with E-state index in [-0.39, 0.29) is 23.8 Å². The topological polar surface area (TPSA) is 105 Å². The van der Waals surface area contributed by atoms with Crippen LogP contribution in [-0.2, 0) is 23.1 Å². The van der Waals surface area contributed by atoms with Gasteiger partial charge in [-0.2, -0.15) is 5.10 Å². The summed E-state index contributed by atoms with van der Waals surface area (Å²) in [6.45, 7) is 0.548. The number of aryl methyl sites for hydroxylation is 2. The van der Waals surface area contributed by atoms with E-state index < -0.39 is 12.0 Å². The minimum absolute atomic E-state index is 0.128. The third-order valence-corrected chi connectivity index (χ3v) is 4.39. The smallest absolute Gasteiger partial charge is 0.335 e. The average Bonchev–Trinajstić information content (AvgIpc) is 3.19. The molecule has 1 saturated heterocycles. The molecule has 1 aliphatic rings. The SMILES string of the molecule is Cn1cc(N2CCC(NC(=O)CCc3ccc(C(=O)O)cc3)C2=O)cn1. The molecule has 26 heavy (non-hydrogen) atoms. The largest absolute Gasteiger partial charge is 0.478 e. The number of aromatic carboxylic acids is 1. The first kappa shape index (κ1) is 17.7. The van der Waals surface area contributed by atoms with Gasteiger partial charge in [0.1, 0.15) is 6.04 Å². The summed E-state index contributed by atoms with van der Waals surface area (Å²) in [6.07, 6.45) is 4.68. The van der Waals surface area contributed by atoms with Crippen LogP contribution in [0.15, 0.2) is 36.7 Å². The number of carbonyl (C=O) groups excluding carboxylic acids is 2. The molecule has 2 amide bonds. The number of carboxylic acid groups (broad SMARTS) is 1. The van der Waals surface area contributed by atoms with Gasteiger partial charge in [0.15, 0.2) is 0 Å². The lowest BCUT2D eigenvalue weighted by molar-refractivity contribution is -0.126. The van der Waals surface area contributed by atoms with Crippen molar-refractivity contribution in [2.24, 2.45) is 7.05 Å². The zero-order valence-electron chi connectivity index (χ0n) is 14.4. The molecule has 0 spiro atoms. The molecule has 1 aromatic carbocycles. The van der Waals surface area contributed by atoms with E-state index >= 15 is 0 Å². The van der Waals surface area contributed by atoms with Crippen LogP contribution in [0.1, 0.15) is 28.8 Å². The van der Waals surface area contributed by atoms with E-state index in [4.69, 9.17) is 5.11 Å². The Morgan fingerprint density at radius 1 is 1.31 bits per heavy atom. The summed E-state index contributed by atoms with van der Waals surface area (Å²) in [7, 11) is 1.78. The van der Waals surface area contributed by atoms with Gasteiger partial charge in [-0.25, -0.2) is 4.79 Å². The van der Waals surface area contributed by atoms with Crippen molar-refractivity contribution in [3.05, 3.63) is 47.8 Å². The fourth-order valence-corrected chi connectivity index (χ4v) is 2.96. The van der Waals surface area contributed by atoms with Crippen LogP contribution < -0.4 is 10.2 Å². The summed E-state index contributed by atoms with van der Waals surface area (Å²) in [5, 5.41) is 15.7. The van der Waals surface area contributed by atoms with Crippen LogP contribution in [0.3, 0.4) is 0 Å². The molecule has 1 atom stereocenters. The van der Waals surface area contributed by atoms with E-state index in [1.807, 2.05) is 0 Å². The number of hydrogen-bond acceptors (Lipinski definition) is 4. The molecule has 2 N–H and O–H groups in total. The minimum atomic E-state index is -0.979. The Kier molecular flexibility index (Phi) is 5.01. The molecular formula is C18H20N4O4. The molecule has 1 fully saturated rings. The zero-order chi connectivity index (χ0) is 18.7. The lowest BCUT2D eigenvalue weighted by atomic mass is 10.1. The summed E-state index contributed by atoms with van der Waals surface area (Å²) < 4.78 is 1.63. The van der Waals surface area contributed by atoms with Crippen LogP contribution in [0.5, 0.6) is 0 Å². The van der Waals surface area contributed by atoms with E-state index in [2.05, 4.69) is 10.4 Å². The molecule has 3 rings (SSSR count). The highest BCUT2D eigenvalue weighted by molar-refractivity contribution is 6.01. The molecule has 0 saturated carbocycles. The number of carboxylic acids is 1. The number of amides is 2. The van der Waals surface area contributed by atoms with Gasteiger partial charge in [0.2, 0.25) is 11.8 Å². The second-order valence-electron chi connectivity index (χ2n) is 6.27. The normalized spacial score (nSPS) is 16.7. The van der Waals surface area contributed by atoms with E-state index in [0.29, 0.717) is 19.4 Å². The van der Waals surface area contributed by atoms with Gasteiger partial charge in [-0.05, 0) is 30.5 Å².